The number of hydrogen-bond donors (Lipinski definition) is 3. The predicted molar refractivity (Wildman–Crippen MR) is 114 cm³/mol. The van der Waals surface area contributed by atoms with Gasteiger partial charge in [-0.25, -0.2) is 4.68 Å². The largest absolute Gasteiger partial charge is 0.331 e. The summed E-state index contributed by atoms with van der Waals surface area (Å²) in [6, 6.07) is 14.4. The first-order chi connectivity index (χ1) is 13.4. The summed E-state index contributed by atoms with van der Waals surface area (Å²) < 4.78 is 1.31. The number of benzene rings is 2. The monoisotopic (exact) mass is 395 g/mol. The number of aryl methyl sites for hydroxylation is 1. The third-order valence-corrected chi connectivity index (χ3v) is 4.30. The van der Waals surface area contributed by atoms with Crippen molar-refractivity contribution in [3.05, 3.63) is 70.1 Å². The van der Waals surface area contributed by atoms with Crippen molar-refractivity contribution >= 4 is 39.7 Å². The molecule has 144 valence electrons. The van der Waals surface area contributed by atoms with E-state index in [1.54, 1.807) is 24.3 Å². The summed E-state index contributed by atoms with van der Waals surface area (Å²) in [5.74, 6) is -0.487. The number of thiocarbonyl (C=S) groups is 1. The zero-order valence-electron chi connectivity index (χ0n) is 15.8. The first-order valence-electron chi connectivity index (χ1n) is 8.82. The Morgan fingerprint density at radius 2 is 1.79 bits per heavy atom. The number of carbonyl (C=O) groups excluding carboxylic acids is 1. The first kappa shape index (κ1) is 19.5. The van der Waals surface area contributed by atoms with Crippen molar-refractivity contribution in [1.82, 2.24) is 20.6 Å². The number of rotatable bonds is 3. The lowest BCUT2D eigenvalue weighted by atomic mass is 10.1. The molecule has 3 aromatic rings. The fourth-order valence-electron chi connectivity index (χ4n) is 2.78. The SMILES string of the molecule is Cc1cccc(NC(=S)NNC(=O)c2nn(C(C)C)c(=O)c3ccccc23)c1. The number of anilines is 1. The van der Waals surface area contributed by atoms with E-state index in [0.717, 1.165) is 11.3 Å². The van der Waals surface area contributed by atoms with E-state index in [2.05, 4.69) is 21.3 Å². The summed E-state index contributed by atoms with van der Waals surface area (Å²) in [5.41, 5.74) is 7.02. The number of nitrogens with zero attached hydrogens (tertiary/aromatic N) is 2. The van der Waals surface area contributed by atoms with Crippen LogP contribution in [-0.2, 0) is 0 Å². The van der Waals surface area contributed by atoms with Crippen LogP contribution in [0.5, 0.6) is 0 Å². The fourth-order valence-corrected chi connectivity index (χ4v) is 2.95. The first-order valence-corrected chi connectivity index (χ1v) is 9.23. The van der Waals surface area contributed by atoms with Crippen LogP contribution < -0.4 is 21.7 Å². The summed E-state index contributed by atoms with van der Waals surface area (Å²) in [6.45, 7) is 5.65. The number of aromatic nitrogens is 2. The molecule has 2 aromatic carbocycles. The highest BCUT2D eigenvalue weighted by atomic mass is 32.1. The molecular weight excluding hydrogens is 374 g/mol. The minimum absolute atomic E-state index is 0.148. The third-order valence-electron chi connectivity index (χ3n) is 4.10. The van der Waals surface area contributed by atoms with Crippen molar-refractivity contribution < 1.29 is 4.79 Å². The molecule has 0 fully saturated rings. The van der Waals surface area contributed by atoms with E-state index >= 15 is 0 Å². The molecule has 1 amide bonds. The highest BCUT2D eigenvalue weighted by Crippen LogP contribution is 2.14. The van der Waals surface area contributed by atoms with Crippen LogP contribution in [0, 0.1) is 6.92 Å². The summed E-state index contributed by atoms with van der Waals surface area (Å²) in [5, 5.41) is 8.42. The van der Waals surface area contributed by atoms with Crippen LogP contribution in [0.3, 0.4) is 0 Å². The molecule has 0 spiro atoms. The quantitative estimate of drug-likeness (QED) is 0.467. The van der Waals surface area contributed by atoms with Crippen molar-refractivity contribution in [2.24, 2.45) is 0 Å². The Hall–Kier alpha value is -3.26. The van der Waals surface area contributed by atoms with Crippen LogP contribution in [0.4, 0.5) is 5.69 Å². The van der Waals surface area contributed by atoms with Crippen LogP contribution >= 0.6 is 12.2 Å². The molecule has 1 aromatic heterocycles. The zero-order valence-corrected chi connectivity index (χ0v) is 16.6. The van der Waals surface area contributed by atoms with Gasteiger partial charge in [0.2, 0.25) is 0 Å². The van der Waals surface area contributed by atoms with Crippen LogP contribution in [-0.4, -0.2) is 20.8 Å². The second kappa shape index (κ2) is 8.18. The molecule has 0 aliphatic carbocycles. The third kappa shape index (κ3) is 4.17. The number of nitrogens with one attached hydrogen (secondary N) is 3. The molecule has 1 heterocycles. The number of hydrazine groups is 1. The van der Waals surface area contributed by atoms with Crippen LogP contribution in [0.2, 0.25) is 0 Å². The average Bonchev–Trinajstić information content (AvgIpc) is 2.66. The average molecular weight is 395 g/mol. The lowest BCUT2D eigenvalue weighted by Crippen LogP contribution is -2.44. The molecule has 3 N–H and O–H groups in total. The van der Waals surface area contributed by atoms with Gasteiger partial charge in [-0.15, -0.1) is 0 Å². The van der Waals surface area contributed by atoms with E-state index in [4.69, 9.17) is 12.2 Å². The Morgan fingerprint density at radius 3 is 2.46 bits per heavy atom. The number of amides is 1. The van der Waals surface area contributed by atoms with E-state index in [0.29, 0.717) is 10.8 Å². The Kier molecular flexibility index (Phi) is 5.70. The number of carbonyl (C=O) groups is 1. The molecule has 0 aliphatic rings. The lowest BCUT2D eigenvalue weighted by molar-refractivity contribution is 0.0938. The Morgan fingerprint density at radius 1 is 1.07 bits per heavy atom. The maximum atomic E-state index is 12.7. The maximum absolute atomic E-state index is 12.7. The molecular formula is C20H21N5O2S. The van der Waals surface area contributed by atoms with Gasteiger partial charge in [-0.05, 0) is 56.8 Å². The second-order valence-electron chi connectivity index (χ2n) is 6.64. The molecule has 0 aliphatic heterocycles. The highest BCUT2D eigenvalue weighted by molar-refractivity contribution is 7.80. The van der Waals surface area contributed by atoms with Gasteiger partial charge in [0, 0.05) is 11.1 Å². The van der Waals surface area contributed by atoms with Gasteiger partial charge in [-0.2, -0.15) is 5.10 Å². The Bertz CT molecular complexity index is 1110. The van der Waals surface area contributed by atoms with Crippen molar-refractivity contribution in [2.45, 2.75) is 26.8 Å². The second-order valence-corrected chi connectivity index (χ2v) is 7.05. The molecule has 0 unspecified atom stereocenters. The highest BCUT2D eigenvalue weighted by Gasteiger charge is 2.17. The smallest absolute Gasteiger partial charge is 0.290 e. The van der Waals surface area contributed by atoms with Crippen LogP contribution in [0.25, 0.3) is 10.8 Å². The van der Waals surface area contributed by atoms with Gasteiger partial charge in [0.1, 0.15) is 0 Å². The van der Waals surface area contributed by atoms with Crippen LogP contribution in [0.1, 0.15) is 35.9 Å². The summed E-state index contributed by atoms with van der Waals surface area (Å²) in [4.78, 5) is 25.3. The molecule has 8 heteroatoms. The van der Waals surface area contributed by atoms with Gasteiger partial charge in [0.15, 0.2) is 10.8 Å². The van der Waals surface area contributed by atoms with Gasteiger partial charge < -0.3 is 5.32 Å². The Balaban J connectivity index is 1.81. The minimum atomic E-state index is -0.487. The normalized spacial score (nSPS) is 10.7. The minimum Gasteiger partial charge on any atom is -0.331 e. The molecule has 0 bridgehead atoms. The van der Waals surface area contributed by atoms with E-state index in [1.807, 2.05) is 45.0 Å². The lowest BCUT2D eigenvalue weighted by Gasteiger charge is -2.15. The standard InChI is InChI=1S/C20H21N5O2S/c1-12(2)25-19(27)16-10-5-4-9-15(16)17(24-25)18(26)22-23-20(28)21-14-8-6-7-13(3)11-14/h4-12H,1-3H3,(H,22,26)(H2,21,23,28). The zero-order chi connectivity index (χ0) is 20.3. The van der Waals surface area contributed by atoms with E-state index < -0.39 is 5.91 Å². The van der Waals surface area contributed by atoms with E-state index in [-0.39, 0.29) is 22.4 Å². The van der Waals surface area contributed by atoms with Gasteiger partial charge in [-0.3, -0.25) is 20.4 Å². The number of hydrogen-bond acceptors (Lipinski definition) is 4. The van der Waals surface area contributed by atoms with Gasteiger partial charge in [0.05, 0.1) is 11.4 Å². The molecule has 0 atom stereocenters. The fraction of sp³-hybridized carbons (Fsp3) is 0.200. The van der Waals surface area contributed by atoms with Crippen molar-refractivity contribution in [3.8, 4) is 0 Å². The Labute approximate surface area is 167 Å². The van der Waals surface area contributed by atoms with Crippen molar-refractivity contribution in [1.29, 1.82) is 0 Å². The van der Waals surface area contributed by atoms with Gasteiger partial charge in [-0.1, -0.05) is 30.3 Å². The van der Waals surface area contributed by atoms with Gasteiger partial charge >= 0.3 is 0 Å². The maximum Gasteiger partial charge on any atom is 0.290 e. The molecule has 0 saturated carbocycles. The summed E-state index contributed by atoms with van der Waals surface area (Å²) >= 11 is 5.22. The summed E-state index contributed by atoms with van der Waals surface area (Å²) in [6.07, 6.45) is 0. The molecule has 0 saturated heterocycles. The van der Waals surface area contributed by atoms with E-state index in [9.17, 15) is 9.59 Å². The molecule has 7 nitrogen and oxygen atoms in total. The molecule has 3 rings (SSSR count). The summed E-state index contributed by atoms with van der Waals surface area (Å²) in [7, 11) is 0. The molecule has 28 heavy (non-hydrogen) atoms. The van der Waals surface area contributed by atoms with Gasteiger partial charge in [0.25, 0.3) is 11.5 Å². The van der Waals surface area contributed by atoms with Crippen molar-refractivity contribution in [3.63, 3.8) is 0 Å². The topological polar surface area (TPSA) is 88.0 Å². The molecule has 0 radical (unpaired) electrons. The van der Waals surface area contributed by atoms with Crippen LogP contribution in [0.15, 0.2) is 53.3 Å². The van der Waals surface area contributed by atoms with E-state index in [1.165, 1.54) is 4.68 Å². The van der Waals surface area contributed by atoms with Crippen molar-refractivity contribution in [2.75, 3.05) is 5.32 Å². The predicted octanol–water partition coefficient (Wildman–Crippen LogP) is 2.92. The number of fused-ring (bicyclic) bond motifs is 1.